The Kier molecular flexibility index (Phi) is 2.60. The molecule has 0 fully saturated rings. The highest BCUT2D eigenvalue weighted by Crippen LogP contribution is 2.04. The molecule has 0 amide bonds. The molecule has 6 heteroatoms. The maximum Gasteiger partial charge on any atom is 0.213 e. The second-order valence-corrected chi connectivity index (χ2v) is 4.12. The maximum absolute atomic E-state index is 10.7. The topological polar surface area (TPSA) is 96.8 Å². The normalized spacial score (nSPS) is 10.8. The smallest absolute Gasteiger partial charge is 0.213 e. The predicted octanol–water partition coefficient (Wildman–Crippen LogP) is -0.258. The molecule has 1 aromatic rings. The first-order valence-corrected chi connectivity index (χ1v) is 5.07. The highest BCUT2D eigenvalue weighted by Gasteiger charge is 2.05. The van der Waals surface area contributed by atoms with E-state index in [4.69, 9.17) is 10.4 Å². The first-order chi connectivity index (χ1) is 6.01. The molecule has 13 heavy (non-hydrogen) atoms. The van der Waals surface area contributed by atoms with Crippen molar-refractivity contribution in [2.45, 2.75) is 5.75 Å². The lowest BCUT2D eigenvalue weighted by Crippen LogP contribution is -2.14. The van der Waals surface area contributed by atoms with E-state index in [2.05, 4.69) is 4.98 Å². The number of hydrogen-bond donors (Lipinski definition) is 1. The average molecular weight is 197 g/mol. The highest BCUT2D eigenvalue weighted by atomic mass is 32.2. The van der Waals surface area contributed by atoms with Gasteiger partial charge in [0.2, 0.25) is 10.0 Å². The van der Waals surface area contributed by atoms with Gasteiger partial charge in [-0.1, -0.05) is 0 Å². The van der Waals surface area contributed by atoms with Crippen LogP contribution >= 0.6 is 0 Å². The van der Waals surface area contributed by atoms with Crippen LogP contribution in [0.25, 0.3) is 0 Å². The van der Waals surface area contributed by atoms with Crippen molar-refractivity contribution in [3.8, 4) is 6.07 Å². The molecule has 0 spiro atoms. The van der Waals surface area contributed by atoms with Crippen molar-refractivity contribution in [3.05, 3.63) is 29.6 Å². The van der Waals surface area contributed by atoms with Gasteiger partial charge in [-0.3, -0.25) is 4.98 Å². The van der Waals surface area contributed by atoms with Crippen LogP contribution in [0, 0.1) is 11.3 Å². The van der Waals surface area contributed by atoms with Gasteiger partial charge < -0.3 is 0 Å². The minimum Gasteiger partial charge on any atom is -0.263 e. The largest absolute Gasteiger partial charge is 0.263 e. The fourth-order valence-corrected chi connectivity index (χ4v) is 1.48. The van der Waals surface area contributed by atoms with Crippen LogP contribution in [0.5, 0.6) is 0 Å². The molecular formula is C7H7N3O2S. The fraction of sp³-hybridized carbons (Fsp3) is 0.143. The monoisotopic (exact) mass is 197 g/mol. The molecule has 1 aromatic heterocycles. The van der Waals surface area contributed by atoms with Crippen molar-refractivity contribution in [1.82, 2.24) is 4.98 Å². The average Bonchev–Trinajstić information content (AvgIpc) is 2.01. The SMILES string of the molecule is N#Cc1cncc(CS(N)(=O)=O)c1. The van der Waals surface area contributed by atoms with Crippen LogP contribution < -0.4 is 5.14 Å². The molecule has 1 heterocycles. The predicted molar refractivity (Wildman–Crippen MR) is 45.8 cm³/mol. The summed E-state index contributed by atoms with van der Waals surface area (Å²) in [7, 11) is -3.55. The van der Waals surface area contributed by atoms with Crippen LogP contribution in [0.1, 0.15) is 11.1 Å². The highest BCUT2D eigenvalue weighted by molar-refractivity contribution is 7.88. The summed E-state index contributed by atoms with van der Waals surface area (Å²) in [5.41, 5.74) is 0.739. The van der Waals surface area contributed by atoms with Gasteiger partial charge in [-0.15, -0.1) is 0 Å². The van der Waals surface area contributed by atoms with Gasteiger partial charge in [0.15, 0.2) is 0 Å². The summed E-state index contributed by atoms with van der Waals surface area (Å²) in [4.78, 5) is 3.70. The zero-order chi connectivity index (χ0) is 9.90. The van der Waals surface area contributed by atoms with Crippen LogP contribution in [-0.4, -0.2) is 13.4 Å². The van der Waals surface area contributed by atoms with Crippen molar-refractivity contribution >= 4 is 10.0 Å². The molecule has 0 saturated carbocycles. The van der Waals surface area contributed by atoms with Crippen LogP contribution in [0.4, 0.5) is 0 Å². The molecule has 0 saturated heterocycles. The third-order valence-corrected chi connectivity index (χ3v) is 2.03. The van der Waals surface area contributed by atoms with Crippen molar-refractivity contribution in [1.29, 1.82) is 5.26 Å². The summed E-state index contributed by atoms with van der Waals surface area (Å²) in [5, 5.41) is 13.3. The molecule has 0 aliphatic rings. The van der Waals surface area contributed by atoms with E-state index in [9.17, 15) is 8.42 Å². The number of nitriles is 1. The molecule has 0 aliphatic heterocycles. The van der Waals surface area contributed by atoms with E-state index in [1.54, 1.807) is 0 Å². The second-order valence-electron chi connectivity index (χ2n) is 2.50. The Labute approximate surface area is 75.9 Å². The number of hydrogen-bond acceptors (Lipinski definition) is 4. The van der Waals surface area contributed by atoms with E-state index in [-0.39, 0.29) is 5.75 Å². The number of aromatic nitrogens is 1. The molecule has 0 atom stereocenters. The molecule has 5 nitrogen and oxygen atoms in total. The third kappa shape index (κ3) is 3.19. The Balaban J connectivity index is 2.99. The lowest BCUT2D eigenvalue weighted by molar-refractivity contribution is 0.597. The molecule has 0 radical (unpaired) electrons. The lowest BCUT2D eigenvalue weighted by atomic mass is 10.2. The summed E-state index contributed by atoms with van der Waals surface area (Å²) in [6.07, 6.45) is 2.72. The van der Waals surface area contributed by atoms with Gasteiger partial charge in [-0.2, -0.15) is 5.26 Å². The standard InChI is InChI=1S/C7H7N3O2S/c8-2-6-1-7(4-10-3-6)5-13(9,11)12/h1,3-4H,5H2,(H2,9,11,12). The number of rotatable bonds is 2. The Hall–Kier alpha value is -1.45. The summed E-state index contributed by atoms with van der Waals surface area (Å²) >= 11 is 0. The van der Waals surface area contributed by atoms with Crippen LogP contribution in [0.15, 0.2) is 18.5 Å². The molecule has 0 aliphatic carbocycles. The van der Waals surface area contributed by atoms with Gasteiger partial charge >= 0.3 is 0 Å². The number of primary sulfonamides is 1. The first-order valence-electron chi connectivity index (χ1n) is 3.36. The fourth-order valence-electron chi connectivity index (χ4n) is 0.860. The van der Waals surface area contributed by atoms with E-state index in [1.165, 1.54) is 18.5 Å². The van der Waals surface area contributed by atoms with Crippen molar-refractivity contribution < 1.29 is 8.42 Å². The second kappa shape index (κ2) is 3.51. The molecule has 0 aromatic carbocycles. The van der Waals surface area contributed by atoms with Crippen LogP contribution in [0.2, 0.25) is 0 Å². The van der Waals surface area contributed by atoms with E-state index < -0.39 is 10.0 Å². The number of nitrogens with two attached hydrogens (primary N) is 1. The van der Waals surface area contributed by atoms with E-state index in [1.807, 2.05) is 6.07 Å². The minimum atomic E-state index is -3.55. The molecule has 0 bridgehead atoms. The quantitative estimate of drug-likeness (QED) is 0.706. The Morgan fingerprint density at radius 2 is 2.23 bits per heavy atom. The van der Waals surface area contributed by atoms with Gasteiger partial charge in [-0.05, 0) is 11.6 Å². The molecule has 0 unspecified atom stereocenters. The van der Waals surface area contributed by atoms with E-state index in [0.29, 0.717) is 11.1 Å². The van der Waals surface area contributed by atoms with E-state index in [0.717, 1.165) is 0 Å². The maximum atomic E-state index is 10.7. The summed E-state index contributed by atoms with van der Waals surface area (Å²) in [6, 6.07) is 3.30. The lowest BCUT2D eigenvalue weighted by Gasteiger charge is -1.97. The van der Waals surface area contributed by atoms with Crippen molar-refractivity contribution in [2.75, 3.05) is 0 Å². The number of sulfonamides is 1. The van der Waals surface area contributed by atoms with Crippen molar-refractivity contribution in [3.63, 3.8) is 0 Å². The Morgan fingerprint density at radius 1 is 1.54 bits per heavy atom. The number of pyridine rings is 1. The van der Waals surface area contributed by atoms with Gasteiger partial charge in [0.1, 0.15) is 6.07 Å². The molecule has 2 N–H and O–H groups in total. The molecular weight excluding hydrogens is 190 g/mol. The van der Waals surface area contributed by atoms with Crippen LogP contribution in [0.3, 0.4) is 0 Å². The minimum absolute atomic E-state index is 0.296. The van der Waals surface area contributed by atoms with Gasteiger partial charge in [-0.25, -0.2) is 13.6 Å². The van der Waals surface area contributed by atoms with Crippen LogP contribution in [-0.2, 0) is 15.8 Å². The molecule has 1 rings (SSSR count). The summed E-state index contributed by atoms with van der Waals surface area (Å²) in [6.45, 7) is 0. The van der Waals surface area contributed by atoms with Gasteiger partial charge in [0, 0.05) is 12.4 Å². The third-order valence-electron chi connectivity index (χ3n) is 1.29. The van der Waals surface area contributed by atoms with E-state index >= 15 is 0 Å². The zero-order valence-electron chi connectivity index (χ0n) is 6.64. The van der Waals surface area contributed by atoms with Crippen molar-refractivity contribution in [2.24, 2.45) is 5.14 Å². The van der Waals surface area contributed by atoms with Gasteiger partial charge in [0.25, 0.3) is 0 Å². The number of nitrogens with zero attached hydrogens (tertiary/aromatic N) is 2. The van der Waals surface area contributed by atoms with Gasteiger partial charge in [0.05, 0.1) is 11.3 Å². The summed E-state index contributed by atoms with van der Waals surface area (Å²) in [5.74, 6) is -0.296. The Bertz CT molecular complexity index is 447. The zero-order valence-corrected chi connectivity index (χ0v) is 7.45. The molecule has 68 valence electrons. The first kappa shape index (κ1) is 9.64. The summed E-state index contributed by atoms with van der Waals surface area (Å²) < 4.78 is 21.3. The Morgan fingerprint density at radius 3 is 2.77 bits per heavy atom.